The summed E-state index contributed by atoms with van der Waals surface area (Å²) in [7, 11) is 0. The second kappa shape index (κ2) is 13.2. The van der Waals surface area contributed by atoms with E-state index in [-0.39, 0.29) is 34.1 Å². The van der Waals surface area contributed by atoms with Crippen molar-refractivity contribution in [2.75, 3.05) is 25.4 Å². The van der Waals surface area contributed by atoms with Crippen LogP contribution in [0.4, 0.5) is 5.69 Å². The number of para-hydroxylation sites is 1. The minimum Gasteiger partial charge on any atom is -0.339 e. The molecule has 0 radical (unpaired) electrons. The van der Waals surface area contributed by atoms with Gasteiger partial charge in [-0.25, -0.2) is 0 Å². The lowest BCUT2D eigenvalue weighted by atomic mass is 10.1. The predicted octanol–water partition coefficient (Wildman–Crippen LogP) is 5.74. The molecule has 5 rings (SSSR count). The van der Waals surface area contributed by atoms with Crippen molar-refractivity contribution in [2.24, 2.45) is 0 Å². The van der Waals surface area contributed by atoms with Gasteiger partial charge in [0, 0.05) is 60.7 Å². The summed E-state index contributed by atoms with van der Waals surface area (Å²) in [5.74, 6) is 1.17. The Morgan fingerprint density at radius 3 is 2.43 bits per heavy atom. The van der Waals surface area contributed by atoms with Gasteiger partial charge in [0.15, 0.2) is 11.0 Å². The molecule has 42 heavy (non-hydrogen) atoms. The molecule has 1 atom stereocenters. The topological polar surface area (TPSA) is 114 Å². The van der Waals surface area contributed by atoms with E-state index in [1.807, 2.05) is 72.2 Å². The first-order chi connectivity index (χ1) is 20.3. The van der Waals surface area contributed by atoms with E-state index in [1.54, 1.807) is 21.6 Å². The maximum absolute atomic E-state index is 13.1. The molecule has 1 saturated heterocycles. The molecule has 2 heterocycles. The number of piperazine rings is 1. The van der Waals surface area contributed by atoms with Crippen LogP contribution >= 0.6 is 23.4 Å². The molecule has 3 aromatic carbocycles. The Kier molecular flexibility index (Phi) is 9.19. The summed E-state index contributed by atoms with van der Waals surface area (Å²) >= 11 is 7.45. The highest BCUT2D eigenvalue weighted by atomic mass is 35.5. The van der Waals surface area contributed by atoms with Crippen molar-refractivity contribution in [3.05, 3.63) is 99.6 Å². The van der Waals surface area contributed by atoms with E-state index < -0.39 is 4.92 Å². The number of rotatable bonds is 9. The van der Waals surface area contributed by atoms with Crippen molar-refractivity contribution >= 4 is 40.9 Å². The molecule has 0 aliphatic carbocycles. The maximum Gasteiger partial charge on any atom is 0.288 e. The SMILES string of the molecule is CC1CN(C(=O)CCCSc2nnc(-c3ccccc3)n2-c2ccccc2)CCN1C(=O)c1ccc(Cl)c([N+](=O)[O-])c1. The number of hydrogen-bond acceptors (Lipinski definition) is 7. The van der Waals surface area contributed by atoms with Crippen molar-refractivity contribution in [3.8, 4) is 17.1 Å². The van der Waals surface area contributed by atoms with Crippen molar-refractivity contribution in [1.82, 2.24) is 24.6 Å². The molecule has 1 aliphatic heterocycles. The van der Waals surface area contributed by atoms with E-state index in [0.29, 0.717) is 38.2 Å². The summed E-state index contributed by atoms with van der Waals surface area (Å²) in [4.78, 5) is 40.2. The van der Waals surface area contributed by atoms with Gasteiger partial charge >= 0.3 is 0 Å². The second-order valence-electron chi connectivity index (χ2n) is 9.91. The average Bonchev–Trinajstić information content (AvgIpc) is 3.43. The zero-order valence-corrected chi connectivity index (χ0v) is 24.5. The van der Waals surface area contributed by atoms with Gasteiger partial charge in [-0.1, -0.05) is 71.9 Å². The number of nitrogens with zero attached hydrogens (tertiary/aromatic N) is 6. The molecule has 1 unspecified atom stereocenters. The largest absolute Gasteiger partial charge is 0.339 e. The van der Waals surface area contributed by atoms with Crippen molar-refractivity contribution in [1.29, 1.82) is 0 Å². The fourth-order valence-electron chi connectivity index (χ4n) is 4.93. The number of carbonyl (C=O) groups is 2. The Morgan fingerprint density at radius 1 is 1.02 bits per heavy atom. The van der Waals surface area contributed by atoms with Crippen molar-refractivity contribution in [2.45, 2.75) is 31.0 Å². The van der Waals surface area contributed by atoms with Gasteiger partial charge in [-0.15, -0.1) is 10.2 Å². The lowest BCUT2D eigenvalue weighted by molar-refractivity contribution is -0.384. The number of nitro groups is 1. The maximum atomic E-state index is 13.1. The fraction of sp³-hybridized carbons (Fsp3) is 0.267. The van der Waals surface area contributed by atoms with E-state index in [4.69, 9.17) is 11.6 Å². The summed E-state index contributed by atoms with van der Waals surface area (Å²) in [6.45, 7) is 3.02. The summed E-state index contributed by atoms with van der Waals surface area (Å²) < 4.78 is 2.04. The van der Waals surface area contributed by atoms with Crippen LogP contribution in [0.3, 0.4) is 0 Å². The standard InChI is InChI=1S/C30H29ClN6O4S/c1-21-20-34(16-17-35(21)29(39)23-14-15-25(31)26(19-23)37(40)41)27(38)13-8-18-42-30-33-32-28(22-9-4-2-5-10-22)36(30)24-11-6-3-7-12-24/h2-7,9-12,14-15,19,21H,8,13,16-18,20H2,1H3. The fourth-order valence-corrected chi connectivity index (χ4v) is 6.01. The van der Waals surface area contributed by atoms with Gasteiger partial charge in [-0.3, -0.25) is 24.3 Å². The van der Waals surface area contributed by atoms with Crippen LogP contribution in [0.25, 0.3) is 17.1 Å². The number of thioether (sulfide) groups is 1. The molecule has 0 N–H and O–H groups in total. The van der Waals surface area contributed by atoms with Gasteiger partial charge < -0.3 is 9.80 Å². The molecule has 12 heteroatoms. The molecule has 2 amide bonds. The molecule has 1 aromatic heterocycles. The molecule has 0 saturated carbocycles. The van der Waals surface area contributed by atoms with E-state index in [9.17, 15) is 19.7 Å². The first kappa shape index (κ1) is 29.3. The molecule has 0 bridgehead atoms. The summed E-state index contributed by atoms with van der Waals surface area (Å²) in [5.41, 5.74) is 1.83. The number of carbonyl (C=O) groups excluding carboxylic acids is 2. The zero-order chi connectivity index (χ0) is 29.6. The van der Waals surface area contributed by atoms with Gasteiger partial charge in [-0.2, -0.15) is 0 Å². The van der Waals surface area contributed by atoms with Crippen LogP contribution in [0.15, 0.2) is 84.0 Å². The second-order valence-corrected chi connectivity index (χ2v) is 11.4. The van der Waals surface area contributed by atoms with Gasteiger partial charge in [0.2, 0.25) is 5.91 Å². The van der Waals surface area contributed by atoms with E-state index >= 15 is 0 Å². The van der Waals surface area contributed by atoms with E-state index in [0.717, 1.165) is 22.2 Å². The predicted molar refractivity (Wildman–Crippen MR) is 162 cm³/mol. The van der Waals surface area contributed by atoms with E-state index in [1.165, 1.54) is 18.2 Å². The summed E-state index contributed by atoms with van der Waals surface area (Å²) in [5, 5.41) is 20.9. The minimum atomic E-state index is -0.606. The third-order valence-electron chi connectivity index (χ3n) is 7.08. The quantitative estimate of drug-likeness (QED) is 0.104. The monoisotopic (exact) mass is 604 g/mol. The Labute approximate surface area is 252 Å². The van der Waals surface area contributed by atoms with Crippen LogP contribution in [-0.4, -0.2) is 72.7 Å². The third-order valence-corrected chi connectivity index (χ3v) is 8.41. The smallest absolute Gasteiger partial charge is 0.288 e. The molecule has 4 aromatic rings. The van der Waals surface area contributed by atoms with Gasteiger partial charge in [0.25, 0.3) is 11.6 Å². The van der Waals surface area contributed by atoms with Gasteiger partial charge in [0.1, 0.15) is 5.02 Å². The Bertz CT molecular complexity index is 1580. The Balaban J connectivity index is 1.16. The highest BCUT2D eigenvalue weighted by molar-refractivity contribution is 7.99. The van der Waals surface area contributed by atoms with Crippen molar-refractivity contribution < 1.29 is 14.5 Å². The molecule has 1 fully saturated rings. The number of halogens is 1. The summed E-state index contributed by atoms with van der Waals surface area (Å²) in [6.07, 6.45) is 1.04. The Morgan fingerprint density at radius 2 is 1.74 bits per heavy atom. The third kappa shape index (κ3) is 6.47. The van der Waals surface area contributed by atoms with Gasteiger partial charge in [0.05, 0.1) is 4.92 Å². The lowest BCUT2D eigenvalue weighted by Crippen LogP contribution is -2.55. The van der Waals surface area contributed by atoms with Crippen LogP contribution < -0.4 is 0 Å². The average molecular weight is 605 g/mol. The molecular weight excluding hydrogens is 576 g/mol. The highest BCUT2D eigenvalue weighted by Gasteiger charge is 2.31. The normalized spacial score (nSPS) is 15.0. The first-order valence-electron chi connectivity index (χ1n) is 13.5. The summed E-state index contributed by atoms with van der Waals surface area (Å²) in [6, 6.07) is 23.7. The molecule has 1 aliphatic rings. The minimum absolute atomic E-state index is 0.0184. The van der Waals surface area contributed by atoms with Crippen LogP contribution in [0.2, 0.25) is 5.02 Å². The van der Waals surface area contributed by atoms with Crippen molar-refractivity contribution in [3.63, 3.8) is 0 Å². The number of hydrogen-bond donors (Lipinski definition) is 0. The number of amides is 2. The molecule has 10 nitrogen and oxygen atoms in total. The van der Waals surface area contributed by atoms with Gasteiger partial charge in [-0.05, 0) is 37.6 Å². The zero-order valence-electron chi connectivity index (χ0n) is 22.9. The lowest BCUT2D eigenvalue weighted by Gasteiger charge is -2.40. The molecular formula is C30H29ClN6O4S. The molecule has 216 valence electrons. The van der Waals surface area contributed by atoms with Crippen LogP contribution in [0, 0.1) is 10.1 Å². The van der Waals surface area contributed by atoms with E-state index in [2.05, 4.69) is 10.2 Å². The first-order valence-corrected chi connectivity index (χ1v) is 14.9. The number of benzene rings is 3. The van der Waals surface area contributed by atoms with Crippen LogP contribution in [0.1, 0.15) is 30.1 Å². The highest BCUT2D eigenvalue weighted by Crippen LogP contribution is 2.29. The van der Waals surface area contributed by atoms with Crippen LogP contribution in [0.5, 0.6) is 0 Å². The number of nitro benzene ring substituents is 1. The van der Waals surface area contributed by atoms with Crippen LogP contribution in [-0.2, 0) is 4.79 Å². The number of aromatic nitrogens is 3. The Hall–Kier alpha value is -4.22. The molecule has 0 spiro atoms.